The lowest BCUT2D eigenvalue weighted by Gasteiger charge is -2.14. The number of rotatable bonds is 1. The Labute approximate surface area is 154 Å². The van der Waals surface area contributed by atoms with Gasteiger partial charge < -0.3 is 9.55 Å². The van der Waals surface area contributed by atoms with Gasteiger partial charge in [-0.3, -0.25) is 9.59 Å². The molecule has 0 radical (unpaired) electrons. The van der Waals surface area contributed by atoms with Crippen molar-refractivity contribution in [1.29, 1.82) is 0 Å². The molecule has 0 amide bonds. The molecule has 27 heavy (non-hydrogen) atoms. The standard InChI is InChI=1S/C23H18N2O2/c1-3-25-20-7-5-4-6-14(20)22(26)17-11-19-16(12-21(17)25)23(27)15-10-13(2)8-9-18(15)24-19/h4-12H,3H2,1-2H3,(H,24,27). The van der Waals surface area contributed by atoms with Crippen LogP contribution in [0.5, 0.6) is 0 Å². The van der Waals surface area contributed by atoms with Crippen LogP contribution in [-0.2, 0) is 6.54 Å². The molecule has 0 aliphatic heterocycles. The molecule has 0 atom stereocenters. The van der Waals surface area contributed by atoms with Gasteiger partial charge in [0.15, 0.2) is 10.9 Å². The first kappa shape index (κ1) is 15.8. The molecule has 0 fully saturated rings. The van der Waals surface area contributed by atoms with Crippen LogP contribution in [0.3, 0.4) is 0 Å². The van der Waals surface area contributed by atoms with Crippen LogP contribution >= 0.6 is 0 Å². The highest BCUT2D eigenvalue weighted by molar-refractivity contribution is 6.03. The maximum atomic E-state index is 13.1. The van der Waals surface area contributed by atoms with E-state index in [0.29, 0.717) is 33.6 Å². The summed E-state index contributed by atoms with van der Waals surface area (Å²) in [5, 5.41) is 2.61. The van der Waals surface area contributed by atoms with E-state index in [0.717, 1.165) is 22.1 Å². The summed E-state index contributed by atoms with van der Waals surface area (Å²) in [6, 6.07) is 17.1. The highest BCUT2D eigenvalue weighted by atomic mass is 16.1. The van der Waals surface area contributed by atoms with Crippen molar-refractivity contribution < 1.29 is 0 Å². The van der Waals surface area contributed by atoms with E-state index in [1.54, 1.807) is 0 Å². The Hall–Kier alpha value is -3.40. The number of aromatic amines is 1. The fraction of sp³-hybridized carbons (Fsp3) is 0.130. The molecule has 5 aromatic rings. The lowest BCUT2D eigenvalue weighted by molar-refractivity contribution is 0.821. The van der Waals surface area contributed by atoms with Crippen LogP contribution in [0.25, 0.3) is 43.6 Å². The quantitative estimate of drug-likeness (QED) is 0.451. The molecule has 3 aromatic carbocycles. The first-order chi connectivity index (χ1) is 13.1. The minimum Gasteiger partial charge on any atom is -0.354 e. The number of aryl methyl sites for hydroxylation is 2. The lowest BCUT2D eigenvalue weighted by Crippen LogP contribution is -2.12. The van der Waals surface area contributed by atoms with E-state index in [4.69, 9.17) is 0 Å². The molecule has 132 valence electrons. The Morgan fingerprint density at radius 2 is 1.52 bits per heavy atom. The SMILES string of the molecule is CCn1c2ccccc2c(=O)c2cc3[nH]c4ccc(C)cc4c(=O)c3cc21. The molecule has 1 N–H and O–H groups in total. The second-order valence-corrected chi connectivity index (χ2v) is 7.01. The average Bonchev–Trinajstić information content (AvgIpc) is 2.69. The lowest BCUT2D eigenvalue weighted by atomic mass is 10.0. The summed E-state index contributed by atoms with van der Waals surface area (Å²) in [6.45, 7) is 4.74. The average molecular weight is 354 g/mol. The van der Waals surface area contributed by atoms with Gasteiger partial charge >= 0.3 is 0 Å². The smallest absolute Gasteiger partial charge is 0.197 e. The summed E-state index contributed by atoms with van der Waals surface area (Å²) >= 11 is 0. The Kier molecular flexibility index (Phi) is 3.25. The number of fused-ring (bicyclic) bond motifs is 4. The summed E-state index contributed by atoms with van der Waals surface area (Å²) in [4.78, 5) is 29.5. The van der Waals surface area contributed by atoms with E-state index in [-0.39, 0.29) is 10.9 Å². The van der Waals surface area contributed by atoms with Crippen molar-refractivity contribution in [3.63, 3.8) is 0 Å². The van der Waals surface area contributed by atoms with Crippen LogP contribution in [-0.4, -0.2) is 9.55 Å². The van der Waals surface area contributed by atoms with E-state index in [1.807, 2.05) is 61.5 Å². The zero-order valence-electron chi connectivity index (χ0n) is 15.2. The Morgan fingerprint density at radius 3 is 2.33 bits per heavy atom. The van der Waals surface area contributed by atoms with Gasteiger partial charge in [0.25, 0.3) is 0 Å². The van der Waals surface area contributed by atoms with Gasteiger partial charge in [0, 0.05) is 33.6 Å². The Balaban J connectivity index is 2.06. The molecule has 2 heterocycles. The summed E-state index contributed by atoms with van der Waals surface area (Å²) in [5.74, 6) is 0. The second-order valence-electron chi connectivity index (χ2n) is 7.01. The predicted molar refractivity (Wildman–Crippen MR) is 112 cm³/mol. The van der Waals surface area contributed by atoms with E-state index in [1.165, 1.54) is 0 Å². The number of nitrogens with one attached hydrogen (secondary N) is 1. The molecule has 2 aromatic heterocycles. The molecule has 0 unspecified atom stereocenters. The van der Waals surface area contributed by atoms with Gasteiger partial charge in [-0.05, 0) is 50.2 Å². The number of H-pyrrole nitrogens is 1. The zero-order valence-corrected chi connectivity index (χ0v) is 15.2. The van der Waals surface area contributed by atoms with Crippen molar-refractivity contribution >= 4 is 43.6 Å². The topological polar surface area (TPSA) is 54.9 Å². The van der Waals surface area contributed by atoms with Gasteiger partial charge in [0.2, 0.25) is 0 Å². The maximum absolute atomic E-state index is 13.1. The molecule has 0 saturated heterocycles. The molecule has 0 bridgehead atoms. The van der Waals surface area contributed by atoms with Crippen LogP contribution < -0.4 is 10.9 Å². The van der Waals surface area contributed by atoms with Crippen molar-refractivity contribution in [2.45, 2.75) is 20.4 Å². The fourth-order valence-electron chi connectivity index (χ4n) is 4.05. The normalized spacial score (nSPS) is 11.8. The van der Waals surface area contributed by atoms with Gasteiger partial charge in [0.05, 0.1) is 16.6 Å². The fourth-order valence-corrected chi connectivity index (χ4v) is 4.05. The third kappa shape index (κ3) is 2.16. The third-order valence-corrected chi connectivity index (χ3v) is 5.36. The van der Waals surface area contributed by atoms with Crippen LogP contribution in [0.15, 0.2) is 64.2 Å². The van der Waals surface area contributed by atoms with Crippen LogP contribution in [0, 0.1) is 6.92 Å². The number of benzene rings is 3. The van der Waals surface area contributed by atoms with Gasteiger partial charge in [0.1, 0.15) is 0 Å². The molecule has 0 spiro atoms. The van der Waals surface area contributed by atoms with Crippen molar-refractivity contribution in [3.05, 3.63) is 80.6 Å². The predicted octanol–water partition coefficient (Wildman–Crippen LogP) is 4.48. The Morgan fingerprint density at radius 1 is 0.778 bits per heavy atom. The van der Waals surface area contributed by atoms with Crippen molar-refractivity contribution in [3.8, 4) is 0 Å². The molecule has 0 aliphatic rings. The maximum Gasteiger partial charge on any atom is 0.197 e. The minimum absolute atomic E-state index is 0.00273. The summed E-state index contributed by atoms with van der Waals surface area (Å²) in [7, 11) is 0. The highest BCUT2D eigenvalue weighted by Gasteiger charge is 2.13. The van der Waals surface area contributed by atoms with E-state index >= 15 is 0 Å². The van der Waals surface area contributed by atoms with Gasteiger partial charge in [-0.1, -0.05) is 23.8 Å². The number of aromatic nitrogens is 2. The summed E-state index contributed by atoms with van der Waals surface area (Å²) < 4.78 is 2.10. The summed E-state index contributed by atoms with van der Waals surface area (Å²) in [6.07, 6.45) is 0. The second kappa shape index (κ2) is 5.55. The molecule has 4 nitrogen and oxygen atoms in total. The van der Waals surface area contributed by atoms with Crippen molar-refractivity contribution in [2.24, 2.45) is 0 Å². The first-order valence-corrected chi connectivity index (χ1v) is 9.10. The number of pyridine rings is 2. The van der Waals surface area contributed by atoms with Crippen molar-refractivity contribution in [1.82, 2.24) is 9.55 Å². The first-order valence-electron chi connectivity index (χ1n) is 9.10. The highest BCUT2D eigenvalue weighted by Crippen LogP contribution is 2.24. The molecule has 5 rings (SSSR count). The monoisotopic (exact) mass is 354 g/mol. The number of nitrogens with zero attached hydrogens (tertiary/aromatic N) is 1. The van der Waals surface area contributed by atoms with E-state index in [9.17, 15) is 9.59 Å². The Bertz CT molecular complexity index is 1510. The molecular weight excluding hydrogens is 336 g/mol. The molecular formula is C23H18N2O2. The van der Waals surface area contributed by atoms with E-state index < -0.39 is 0 Å². The minimum atomic E-state index is -0.00684. The van der Waals surface area contributed by atoms with Gasteiger partial charge in [-0.2, -0.15) is 0 Å². The van der Waals surface area contributed by atoms with Gasteiger partial charge in [-0.25, -0.2) is 0 Å². The van der Waals surface area contributed by atoms with E-state index in [2.05, 4.69) is 16.5 Å². The van der Waals surface area contributed by atoms with Crippen LogP contribution in [0.4, 0.5) is 0 Å². The van der Waals surface area contributed by atoms with Crippen molar-refractivity contribution in [2.75, 3.05) is 0 Å². The molecule has 0 saturated carbocycles. The van der Waals surface area contributed by atoms with Crippen LogP contribution in [0.2, 0.25) is 0 Å². The van der Waals surface area contributed by atoms with Gasteiger partial charge in [-0.15, -0.1) is 0 Å². The number of hydrogen-bond acceptors (Lipinski definition) is 2. The van der Waals surface area contributed by atoms with Crippen LogP contribution in [0.1, 0.15) is 12.5 Å². The molecule has 0 aliphatic carbocycles. The summed E-state index contributed by atoms with van der Waals surface area (Å²) in [5.41, 5.74) is 4.21. The number of para-hydroxylation sites is 1. The largest absolute Gasteiger partial charge is 0.354 e. The molecule has 4 heteroatoms. The number of hydrogen-bond donors (Lipinski definition) is 1. The third-order valence-electron chi connectivity index (χ3n) is 5.36. The zero-order chi connectivity index (χ0) is 18.7.